The van der Waals surface area contributed by atoms with Crippen LogP contribution >= 0.6 is 0 Å². The average molecular weight is 327 g/mol. The van der Waals surface area contributed by atoms with Gasteiger partial charge in [0.1, 0.15) is 5.82 Å². The number of hydrogen-bond acceptors (Lipinski definition) is 4. The smallest absolute Gasteiger partial charge is 0.123 e. The second kappa shape index (κ2) is 6.93. The third kappa shape index (κ3) is 3.61. The SMILES string of the molecule is Cc1cc(N(C)C)cc(C2CCN(Cc3nccn3C(C)C)C2)n1. The minimum atomic E-state index is 0.460. The largest absolute Gasteiger partial charge is 0.378 e. The molecule has 1 aliphatic heterocycles. The number of rotatable bonds is 5. The minimum absolute atomic E-state index is 0.460. The molecule has 0 radical (unpaired) electrons. The summed E-state index contributed by atoms with van der Waals surface area (Å²) in [6.45, 7) is 9.60. The molecule has 24 heavy (non-hydrogen) atoms. The first-order chi connectivity index (χ1) is 11.4. The van der Waals surface area contributed by atoms with Gasteiger partial charge >= 0.3 is 0 Å². The number of hydrogen-bond donors (Lipinski definition) is 0. The van der Waals surface area contributed by atoms with Crippen LogP contribution in [0.25, 0.3) is 0 Å². The van der Waals surface area contributed by atoms with Gasteiger partial charge in [-0.1, -0.05) is 0 Å². The second-order valence-corrected chi connectivity index (χ2v) is 7.35. The van der Waals surface area contributed by atoms with Crippen molar-refractivity contribution < 1.29 is 0 Å². The van der Waals surface area contributed by atoms with E-state index in [4.69, 9.17) is 4.98 Å². The van der Waals surface area contributed by atoms with Crippen molar-refractivity contribution in [2.45, 2.75) is 45.7 Å². The standard InChI is InChI=1S/C19H29N5/c1-14(2)24-9-7-20-19(24)13-23-8-6-16(12-23)18-11-17(22(4)5)10-15(3)21-18/h7,9-11,14,16H,6,8,12-13H2,1-5H3. The molecule has 1 fully saturated rings. The predicted octanol–water partition coefficient (Wildman–Crippen LogP) is 3.22. The van der Waals surface area contributed by atoms with Crippen molar-refractivity contribution in [1.29, 1.82) is 0 Å². The van der Waals surface area contributed by atoms with Crippen LogP contribution in [-0.2, 0) is 6.54 Å². The lowest BCUT2D eigenvalue weighted by atomic mass is 10.0. The fourth-order valence-electron chi connectivity index (χ4n) is 3.50. The highest BCUT2D eigenvalue weighted by molar-refractivity contribution is 5.47. The maximum Gasteiger partial charge on any atom is 0.123 e. The van der Waals surface area contributed by atoms with E-state index in [9.17, 15) is 0 Å². The summed E-state index contributed by atoms with van der Waals surface area (Å²) >= 11 is 0. The van der Waals surface area contributed by atoms with Crippen LogP contribution in [0.3, 0.4) is 0 Å². The molecule has 0 saturated carbocycles. The summed E-state index contributed by atoms with van der Waals surface area (Å²) in [5.41, 5.74) is 3.57. The Labute approximate surface area is 145 Å². The molecule has 3 rings (SSSR count). The summed E-state index contributed by atoms with van der Waals surface area (Å²) in [4.78, 5) is 14.0. The highest BCUT2D eigenvalue weighted by Gasteiger charge is 2.26. The lowest BCUT2D eigenvalue weighted by Gasteiger charge is -2.19. The van der Waals surface area contributed by atoms with Gasteiger partial charge in [0.2, 0.25) is 0 Å². The van der Waals surface area contributed by atoms with E-state index in [-0.39, 0.29) is 0 Å². The Kier molecular flexibility index (Phi) is 4.90. The zero-order chi connectivity index (χ0) is 17.3. The predicted molar refractivity (Wildman–Crippen MR) is 98.5 cm³/mol. The highest BCUT2D eigenvalue weighted by Crippen LogP contribution is 2.29. The normalized spacial score (nSPS) is 18.5. The van der Waals surface area contributed by atoms with Crippen molar-refractivity contribution in [3.63, 3.8) is 0 Å². The first-order valence-corrected chi connectivity index (χ1v) is 8.84. The molecule has 1 unspecified atom stereocenters. The molecule has 5 heteroatoms. The van der Waals surface area contributed by atoms with Gasteiger partial charge < -0.3 is 9.47 Å². The van der Waals surface area contributed by atoms with Crippen LogP contribution in [0.1, 0.15) is 49.4 Å². The van der Waals surface area contributed by atoms with Gasteiger partial charge in [0.15, 0.2) is 0 Å². The van der Waals surface area contributed by atoms with E-state index in [1.54, 1.807) is 0 Å². The van der Waals surface area contributed by atoms with Gasteiger partial charge in [-0.15, -0.1) is 0 Å². The van der Waals surface area contributed by atoms with Crippen LogP contribution in [0.4, 0.5) is 5.69 Å². The van der Waals surface area contributed by atoms with E-state index in [1.807, 2.05) is 6.20 Å². The van der Waals surface area contributed by atoms with Crippen LogP contribution in [0.5, 0.6) is 0 Å². The molecule has 0 spiro atoms. The number of aryl methyl sites for hydroxylation is 1. The monoisotopic (exact) mass is 327 g/mol. The van der Waals surface area contributed by atoms with Crippen molar-refractivity contribution in [2.75, 3.05) is 32.1 Å². The molecule has 130 valence electrons. The zero-order valence-electron chi connectivity index (χ0n) is 15.5. The van der Waals surface area contributed by atoms with Crippen LogP contribution in [0.2, 0.25) is 0 Å². The summed E-state index contributed by atoms with van der Waals surface area (Å²) < 4.78 is 2.27. The number of anilines is 1. The van der Waals surface area contributed by atoms with E-state index in [0.29, 0.717) is 12.0 Å². The molecule has 0 aromatic carbocycles. The minimum Gasteiger partial charge on any atom is -0.378 e. The maximum absolute atomic E-state index is 4.80. The molecule has 0 N–H and O–H groups in total. The summed E-state index contributed by atoms with van der Waals surface area (Å²) in [5, 5.41) is 0. The molecule has 3 heterocycles. The van der Waals surface area contributed by atoms with E-state index in [0.717, 1.165) is 31.2 Å². The second-order valence-electron chi connectivity index (χ2n) is 7.35. The van der Waals surface area contributed by atoms with Gasteiger partial charge in [-0.05, 0) is 45.9 Å². The molecule has 0 aliphatic carbocycles. The number of pyridine rings is 1. The molecule has 2 aromatic rings. The Bertz CT molecular complexity index is 689. The summed E-state index contributed by atoms with van der Waals surface area (Å²) in [6.07, 6.45) is 5.17. The number of aromatic nitrogens is 3. The lowest BCUT2D eigenvalue weighted by Crippen LogP contribution is -2.23. The van der Waals surface area contributed by atoms with Crippen molar-refractivity contribution in [3.8, 4) is 0 Å². The van der Waals surface area contributed by atoms with Gasteiger partial charge in [0.25, 0.3) is 0 Å². The van der Waals surface area contributed by atoms with E-state index >= 15 is 0 Å². The van der Waals surface area contributed by atoms with Crippen LogP contribution in [-0.4, -0.2) is 46.6 Å². The molecule has 1 aliphatic rings. The van der Waals surface area contributed by atoms with Crippen LogP contribution in [0, 0.1) is 6.92 Å². The Hall–Kier alpha value is -1.88. The van der Waals surface area contributed by atoms with Crippen LogP contribution < -0.4 is 4.90 Å². The van der Waals surface area contributed by atoms with Crippen molar-refractivity contribution >= 4 is 5.69 Å². The Balaban J connectivity index is 1.70. The molecular weight excluding hydrogens is 298 g/mol. The fraction of sp³-hybridized carbons (Fsp3) is 0.579. The fourth-order valence-corrected chi connectivity index (χ4v) is 3.50. The van der Waals surface area contributed by atoms with Crippen molar-refractivity contribution in [3.05, 3.63) is 41.7 Å². The lowest BCUT2D eigenvalue weighted by molar-refractivity contribution is 0.309. The zero-order valence-corrected chi connectivity index (χ0v) is 15.5. The summed E-state index contributed by atoms with van der Waals surface area (Å²) in [7, 11) is 4.18. The van der Waals surface area contributed by atoms with Gasteiger partial charge in [-0.2, -0.15) is 0 Å². The third-order valence-corrected chi connectivity index (χ3v) is 4.84. The van der Waals surface area contributed by atoms with Gasteiger partial charge in [0.05, 0.1) is 6.54 Å². The Morgan fingerprint density at radius 1 is 1.29 bits per heavy atom. The first-order valence-electron chi connectivity index (χ1n) is 8.84. The molecule has 1 atom stereocenters. The maximum atomic E-state index is 4.80. The van der Waals surface area contributed by atoms with Gasteiger partial charge in [-0.3, -0.25) is 9.88 Å². The first kappa shape index (κ1) is 17.0. The average Bonchev–Trinajstić information content (AvgIpc) is 3.16. The Morgan fingerprint density at radius 2 is 2.08 bits per heavy atom. The number of imidazole rings is 1. The number of likely N-dealkylation sites (tertiary alicyclic amines) is 1. The molecule has 0 bridgehead atoms. The topological polar surface area (TPSA) is 37.2 Å². The Morgan fingerprint density at radius 3 is 2.79 bits per heavy atom. The quantitative estimate of drug-likeness (QED) is 0.845. The van der Waals surface area contributed by atoms with Gasteiger partial charge in [0, 0.05) is 62.1 Å². The highest BCUT2D eigenvalue weighted by atomic mass is 15.2. The van der Waals surface area contributed by atoms with E-state index in [1.165, 1.54) is 17.8 Å². The van der Waals surface area contributed by atoms with Crippen LogP contribution in [0.15, 0.2) is 24.5 Å². The van der Waals surface area contributed by atoms with E-state index < -0.39 is 0 Å². The summed E-state index contributed by atoms with van der Waals surface area (Å²) in [6, 6.07) is 4.85. The molecule has 2 aromatic heterocycles. The molecule has 0 amide bonds. The van der Waals surface area contributed by atoms with Crippen molar-refractivity contribution in [2.24, 2.45) is 0 Å². The summed E-state index contributed by atoms with van der Waals surface area (Å²) in [5.74, 6) is 1.68. The molecule has 5 nitrogen and oxygen atoms in total. The van der Waals surface area contributed by atoms with Gasteiger partial charge in [-0.25, -0.2) is 4.98 Å². The molecule has 1 saturated heterocycles. The number of nitrogens with zero attached hydrogens (tertiary/aromatic N) is 5. The molecular formula is C19H29N5. The van der Waals surface area contributed by atoms with E-state index in [2.05, 4.69) is 72.5 Å². The third-order valence-electron chi connectivity index (χ3n) is 4.84. The van der Waals surface area contributed by atoms with Crippen molar-refractivity contribution in [1.82, 2.24) is 19.4 Å².